The lowest BCUT2D eigenvalue weighted by Gasteiger charge is -2.13. The molecule has 0 saturated heterocycles. The second kappa shape index (κ2) is 6.74. The molecular formula is C16H20N4O. The van der Waals surface area contributed by atoms with Crippen LogP contribution in [0.4, 0.5) is 11.4 Å². The predicted molar refractivity (Wildman–Crippen MR) is 85.2 cm³/mol. The fourth-order valence-corrected chi connectivity index (χ4v) is 2.17. The summed E-state index contributed by atoms with van der Waals surface area (Å²) in [6.07, 6.45) is 2.69. The highest BCUT2D eigenvalue weighted by Gasteiger charge is 2.11. The summed E-state index contributed by atoms with van der Waals surface area (Å²) in [5, 5.41) is 5.88. The number of hydrogen-bond acceptors (Lipinski definition) is 4. The number of nitrogens with zero attached hydrogens (tertiary/aromatic N) is 1. The summed E-state index contributed by atoms with van der Waals surface area (Å²) < 4.78 is 0. The molecule has 0 aliphatic heterocycles. The van der Waals surface area contributed by atoms with E-state index in [1.807, 2.05) is 6.07 Å². The molecule has 1 amide bonds. The molecule has 0 saturated carbocycles. The molecule has 5 heteroatoms. The largest absolute Gasteiger partial charge is 0.399 e. The van der Waals surface area contributed by atoms with Crippen LogP contribution >= 0.6 is 0 Å². The van der Waals surface area contributed by atoms with Crippen LogP contribution in [0.5, 0.6) is 0 Å². The van der Waals surface area contributed by atoms with Crippen LogP contribution in [0.2, 0.25) is 0 Å². The summed E-state index contributed by atoms with van der Waals surface area (Å²) >= 11 is 0. The maximum Gasteiger partial charge on any atom is 0.253 e. The van der Waals surface area contributed by atoms with Gasteiger partial charge in [-0.15, -0.1) is 0 Å². The summed E-state index contributed by atoms with van der Waals surface area (Å²) in [4.78, 5) is 16.3. The van der Waals surface area contributed by atoms with Crippen molar-refractivity contribution in [3.05, 3.63) is 53.3 Å². The van der Waals surface area contributed by atoms with Gasteiger partial charge in [0.15, 0.2) is 0 Å². The highest BCUT2D eigenvalue weighted by molar-refractivity contribution is 6.00. The number of nitrogens with two attached hydrogens (primary N) is 1. The lowest BCUT2D eigenvalue weighted by Crippen LogP contribution is -2.20. The van der Waals surface area contributed by atoms with Gasteiger partial charge in [0, 0.05) is 24.6 Å². The van der Waals surface area contributed by atoms with E-state index in [4.69, 9.17) is 5.73 Å². The van der Waals surface area contributed by atoms with Gasteiger partial charge in [0.25, 0.3) is 5.91 Å². The average molecular weight is 284 g/mol. The first kappa shape index (κ1) is 14.8. The zero-order valence-electron chi connectivity index (χ0n) is 12.3. The van der Waals surface area contributed by atoms with E-state index in [-0.39, 0.29) is 5.91 Å². The molecule has 21 heavy (non-hydrogen) atoms. The van der Waals surface area contributed by atoms with Crippen molar-refractivity contribution in [2.75, 3.05) is 18.1 Å². The molecule has 5 nitrogen and oxygen atoms in total. The van der Waals surface area contributed by atoms with E-state index in [0.29, 0.717) is 23.5 Å². The number of aromatic nitrogens is 1. The summed E-state index contributed by atoms with van der Waals surface area (Å²) in [5.74, 6) is -0.144. The molecule has 2 rings (SSSR count). The van der Waals surface area contributed by atoms with E-state index >= 15 is 0 Å². The third kappa shape index (κ3) is 3.51. The van der Waals surface area contributed by atoms with Gasteiger partial charge in [-0.2, -0.15) is 0 Å². The Bertz CT molecular complexity index is 640. The molecular weight excluding hydrogens is 264 g/mol. The van der Waals surface area contributed by atoms with Crippen molar-refractivity contribution in [3.8, 4) is 0 Å². The Morgan fingerprint density at radius 3 is 2.86 bits per heavy atom. The Hall–Kier alpha value is -2.56. The molecule has 4 N–H and O–H groups in total. The van der Waals surface area contributed by atoms with Gasteiger partial charge in [-0.25, -0.2) is 0 Å². The number of benzene rings is 1. The second-order valence-electron chi connectivity index (χ2n) is 4.70. The normalized spacial score (nSPS) is 10.2. The third-order valence-electron chi connectivity index (χ3n) is 3.33. The van der Waals surface area contributed by atoms with Crippen molar-refractivity contribution in [1.29, 1.82) is 0 Å². The molecule has 0 bridgehead atoms. The minimum atomic E-state index is -0.144. The minimum absolute atomic E-state index is 0.144. The Morgan fingerprint density at radius 1 is 1.33 bits per heavy atom. The van der Waals surface area contributed by atoms with Gasteiger partial charge in [0.05, 0.1) is 17.8 Å². The second-order valence-corrected chi connectivity index (χ2v) is 4.70. The Morgan fingerprint density at radius 2 is 2.14 bits per heavy atom. The van der Waals surface area contributed by atoms with Gasteiger partial charge in [-0.1, -0.05) is 13.0 Å². The SMILES string of the molecule is CCc1cccnc1CNc1cc(N)ccc1C(=O)NC. The van der Waals surface area contributed by atoms with Crippen molar-refractivity contribution >= 4 is 17.3 Å². The van der Waals surface area contributed by atoms with Gasteiger partial charge in [0.2, 0.25) is 0 Å². The number of nitrogen functional groups attached to an aromatic ring is 1. The Kier molecular flexibility index (Phi) is 4.77. The minimum Gasteiger partial charge on any atom is -0.399 e. The molecule has 1 aromatic heterocycles. The monoisotopic (exact) mass is 284 g/mol. The van der Waals surface area contributed by atoms with Gasteiger partial charge in [0.1, 0.15) is 0 Å². The molecule has 0 atom stereocenters. The Balaban J connectivity index is 2.23. The number of anilines is 2. The molecule has 0 radical (unpaired) electrons. The molecule has 0 fully saturated rings. The van der Waals surface area contributed by atoms with E-state index in [9.17, 15) is 4.79 Å². The van der Waals surface area contributed by atoms with Crippen molar-refractivity contribution in [2.45, 2.75) is 19.9 Å². The molecule has 0 spiro atoms. The zero-order chi connectivity index (χ0) is 15.2. The van der Waals surface area contributed by atoms with E-state index in [1.54, 1.807) is 31.4 Å². The van der Waals surface area contributed by atoms with E-state index in [0.717, 1.165) is 12.1 Å². The third-order valence-corrected chi connectivity index (χ3v) is 3.33. The predicted octanol–water partition coefficient (Wildman–Crippen LogP) is 2.20. The fraction of sp³-hybridized carbons (Fsp3) is 0.250. The standard InChI is InChI=1S/C16H20N4O/c1-3-11-5-4-8-19-15(11)10-20-14-9-12(17)6-7-13(14)16(21)18-2/h4-9,20H,3,10,17H2,1-2H3,(H,18,21). The maximum absolute atomic E-state index is 11.9. The summed E-state index contributed by atoms with van der Waals surface area (Å²) in [6, 6.07) is 9.19. The number of hydrogen-bond donors (Lipinski definition) is 3. The summed E-state index contributed by atoms with van der Waals surface area (Å²) in [5.41, 5.74) is 9.87. The van der Waals surface area contributed by atoms with Crippen LogP contribution in [0.1, 0.15) is 28.5 Å². The van der Waals surface area contributed by atoms with E-state index in [1.165, 1.54) is 5.56 Å². The lowest BCUT2D eigenvalue weighted by molar-refractivity contribution is 0.0964. The number of carbonyl (C=O) groups excluding carboxylic acids is 1. The molecule has 0 aliphatic rings. The van der Waals surface area contributed by atoms with Gasteiger partial charge in [-0.05, 0) is 36.2 Å². The number of aryl methyl sites for hydroxylation is 1. The maximum atomic E-state index is 11.9. The summed E-state index contributed by atoms with van der Waals surface area (Å²) in [7, 11) is 1.61. The van der Waals surface area contributed by atoms with Crippen LogP contribution < -0.4 is 16.4 Å². The smallest absolute Gasteiger partial charge is 0.253 e. The van der Waals surface area contributed by atoms with Crippen molar-refractivity contribution < 1.29 is 4.79 Å². The molecule has 2 aromatic rings. The number of amides is 1. The molecule has 0 aliphatic carbocycles. The van der Waals surface area contributed by atoms with E-state index < -0.39 is 0 Å². The van der Waals surface area contributed by atoms with Crippen LogP contribution in [0.15, 0.2) is 36.5 Å². The molecule has 0 unspecified atom stereocenters. The molecule has 1 heterocycles. The first-order valence-corrected chi connectivity index (χ1v) is 6.94. The van der Waals surface area contributed by atoms with Crippen LogP contribution in [-0.4, -0.2) is 17.9 Å². The first-order chi connectivity index (χ1) is 10.2. The van der Waals surface area contributed by atoms with Crippen molar-refractivity contribution in [1.82, 2.24) is 10.3 Å². The van der Waals surface area contributed by atoms with E-state index in [2.05, 4.69) is 28.6 Å². The van der Waals surface area contributed by atoms with Crippen LogP contribution in [0.25, 0.3) is 0 Å². The number of pyridine rings is 1. The Labute approximate surface area is 124 Å². The van der Waals surface area contributed by atoms with Crippen LogP contribution in [0.3, 0.4) is 0 Å². The van der Waals surface area contributed by atoms with Crippen molar-refractivity contribution in [3.63, 3.8) is 0 Å². The topological polar surface area (TPSA) is 80.0 Å². The number of rotatable bonds is 5. The lowest BCUT2D eigenvalue weighted by atomic mass is 10.1. The van der Waals surface area contributed by atoms with Gasteiger partial charge >= 0.3 is 0 Å². The van der Waals surface area contributed by atoms with Gasteiger partial charge < -0.3 is 16.4 Å². The fourth-order valence-electron chi connectivity index (χ4n) is 2.17. The zero-order valence-corrected chi connectivity index (χ0v) is 12.3. The highest BCUT2D eigenvalue weighted by atomic mass is 16.1. The number of carbonyl (C=O) groups is 1. The average Bonchev–Trinajstić information content (AvgIpc) is 2.52. The van der Waals surface area contributed by atoms with Crippen LogP contribution in [0, 0.1) is 0 Å². The van der Waals surface area contributed by atoms with Crippen LogP contribution in [-0.2, 0) is 13.0 Å². The van der Waals surface area contributed by atoms with Gasteiger partial charge in [-0.3, -0.25) is 9.78 Å². The highest BCUT2D eigenvalue weighted by Crippen LogP contribution is 2.20. The summed E-state index contributed by atoms with van der Waals surface area (Å²) in [6.45, 7) is 2.65. The van der Waals surface area contributed by atoms with Crippen molar-refractivity contribution in [2.24, 2.45) is 0 Å². The molecule has 110 valence electrons. The number of nitrogens with one attached hydrogen (secondary N) is 2. The molecule has 1 aromatic carbocycles. The quantitative estimate of drug-likeness (QED) is 0.735. The first-order valence-electron chi connectivity index (χ1n) is 6.94.